The van der Waals surface area contributed by atoms with Gasteiger partial charge in [-0.05, 0) is 56.3 Å². The molecule has 1 saturated heterocycles. The highest BCUT2D eigenvalue weighted by Gasteiger charge is 2.18. The second-order valence-electron chi connectivity index (χ2n) is 5.78. The predicted octanol–water partition coefficient (Wildman–Crippen LogP) is 2.97. The summed E-state index contributed by atoms with van der Waals surface area (Å²) in [5, 5.41) is 3.03. The van der Waals surface area contributed by atoms with E-state index in [-0.39, 0.29) is 5.91 Å². The number of hydrogen-bond acceptors (Lipinski definition) is 2. The van der Waals surface area contributed by atoms with Gasteiger partial charge in [0.25, 0.3) is 0 Å². The molecule has 1 aromatic rings. The summed E-state index contributed by atoms with van der Waals surface area (Å²) in [4.78, 5) is 14.4. The fraction of sp³-hybridized carbons (Fsp3) is 0.562. The van der Waals surface area contributed by atoms with Crippen molar-refractivity contribution in [3.63, 3.8) is 0 Å². The second kappa shape index (κ2) is 6.20. The maximum atomic E-state index is 12.1. The summed E-state index contributed by atoms with van der Waals surface area (Å²) in [7, 11) is 0. The molecule has 1 fully saturated rings. The Bertz CT molecular complexity index is 456. The number of rotatable bonds is 3. The number of amides is 1. The summed E-state index contributed by atoms with van der Waals surface area (Å²) in [6, 6.07) is 6.03. The largest absolute Gasteiger partial charge is 0.325 e. The van der Waals surface area contributed by atoms with Gasteiger partial charge in [0.15, 0.2) is 0 Å². The Morgan fingerprint density at radius 1 is 1.42 bits per heavy atom. The summed E-state index contributed by atoms with van der Waals surface area (Å²) in [6.45, 7) is 8.97. The van der Waals surface area contributed by atoms with Gasteiger partial charge in [0, 0.05) is 12.2 Å². The Kier molecular flexibility index (Phi) is 4.59. The SMILES string of the molecule is Cc1cccc(NC(=O)CN2CCCC(C)C2)c1C. The minimum absolute atomic E-state index is 0.0998. The van der Waals surface area contributed by atoms with Crippen molar-refractivity contribution >= 4 is 11.6 Å². The zero-order valence-corrected chi connectivity index (χ0v) is 12.2. The van der Waals surface area contributed by atoms with Crippen molar-refractivity contribution in [3.05, 3.63) is 29.3 Å². The Hall–Kier alpha value is -1.35. The molecule has 0 aliphatic carbocycles. The van der Waals surface area contributed by atoms with E-state index in [0.717, 1.165) is 24.3 Å². The highest BCUT2D eigenvalue weighted by Crippen LogP contribution is 2.19. The van der Waals surface area contributed by atoms with Crippen LogP contribution in [0.15, 0.2) is 18.2 Å². The first-order valence-corrected chi connectivity index (χ1v) is 7.14. The molecule has 104 valence electrons. The average Bonchev–Trinajstić information content (AvgIpc) is 2.35. The van der Waals surface area contributed by atoms with Crippen molar-refractivity contribution in [1.82, 2.24) is 4.90 Å². The van der Waals surface area contributed by atoms with Crippen LogP contribution in [0.1, 0.15) is 30.9 Å². The van der Waals surface area contributed by atoms with Gasteiger partial charge in [-0.1, -0.05) is 19.1 Å². The third-order valence-electron chi connectivity index (χ3n) is 3.99. The van der Waals surface area contributed by atoms with Crippen molar-refractivity contribution in [2.45, 2.75) is 33.6 Å². The molecule has 0 aromatic heterocycles. The normalized spacial score (nSPS) is 20.3. The molecule has 1 unspecified atom stereocenters. The fourth-order valence-corrected chi connectivity index (χ4v) is 2.71. The van der Waals surface area contributed by atoms with Gasteiger partial charge in [-0.2, -0.15) is 0 Å². The van der Waals surface area contributed by atoms with E-state index in [1.54, 1.807) is 0 Å². The van der Waals surface area contributed by atoms with Crippen LogP contribution in [0.4, 0.5) is 5.69 Å². The molecule has 1 amide bonds. The van der Waals surface area contributed by atoms with Crippen LogP contribution in [-0.2, 0) is 4.79 Å². The van der Waals surface area contributed by atoms with Crippen LogP contribution in [0.25, 0.3) is 0 Å². The van der Waals surface area contributed by atoms with Gasteiger partial charge in [-0.25, -0.2) is 0 Å². The molecule has 1 heterocycles. The van der Waals surface area contributed by atoms with Gasteiger partial charge in [0.2, 0.25) is 5.91 Å². The molecule has 0 spiro atoms. The minimum Gasteiger partial charge on any atom is -0.325 e. The lowest BCUT2D eigenvalue weighted by molar-refractivity contribution is -0.117. The van der Waals surface area contributed by atoms with Crippen LogP contribution in [0, 0.1) is 19.8 Å². The second-order valence-corrected chi connectivity index (χ2v) is 5.78. The first-order valence-electron chi connectivity index (χ1n) is 7.14. The quantitative estimate of drug-likeness (QED) is 0.906. The van der Waals surface area contributed by atoms with E-state index in [9.17, 15) is 4.79 Å². The number of aryl methyl sites for hydroxylation is 1. The Balaban J connectivity index is 1.92. The fourth-order valence-electron chi connectivity index (χ4n) is 2.71. The smallest absolute Gasteiger partial charge is 0.238 e. The third-order valence-corrected chi connectivity index (χ3v) is 3.99. The zero-order valence-electron chi connectivity index (χ0n) is 12.2. The maximum absolute atomic E-state index is 12.1. The lowest BCUT2D eigenvalue weighted by Crippen LogP contribution is -2.39. The number of nitrogens with one attached hydrogen (secondary N) is 1. The first-order chi connectivity index (χ1) is 9.06. The van der Waals surface area contributed by atoms with Crippen LogP contribution in [-0.4, -0.2) is 30.4 Å². The van der Waals surface area contributed by atoms with E-state index < -0.39 is 0 Å². The number of carbonyl (C=O) groups excluding carboxylic acids is 1. The molecule has 1 atom stereocenters. The molecule has 0 bridgehead atoms. The van der Waals surface area contributed by atoms with E-state index >= 15 is 0 Å². The summed E-state index contributed by atoms with van der Waals surface area (Å²) >= 11 is 0. The van der Waals surface area contributed by atoms with Crippen LogP contribution in [0.2, 0.25) is 0 Å². The molecule has 1 aliphatic heterocycles. The molecule has 3 nitrogen and oxygen atoms in total. The molecule has 3 heteroatoms. The van der Waals surface area contributed by atoms with Crippen molar-refractivity contribution < 1.29 is 4.79 Å². The molecule has 0 radical (unpaired) electrons. The highest BCUT2D eigenvalue weighted by molar-refractivity contribution is 5.93. The van der Waals surface area contributed by atoms with E-state index in [4.69, 9.17) is 0 Å². The average molecular weight is 260 g/mol. The number of piperidine rings is 1. The van der Waals surface area contributed by atoms with Gasteiger partial charge in [-0.15, -0.1) is 0 Å². The minimum atomic E-state index is 0.0998. The molecule has 19 heavy (non-hydrogen) atoms. The van der Waals surface area contributed by atoms with Crippen LogP contribution < -0.4 is 5.32 Å². The Morgan fingerprint density at radius 2 is 2.21 bits per heavy atom. The lowest BCUT2D eigenvalue weighted by atomic mass is 10.0. The van der Waals surface area contributed by atoms with Crippen LogP contribution >= 0.6 is 0 Å². The monoisotopic (exact) mass is 260 g/mol. The van der Waals surface area contributed by atoms with Gasteiger partial charge < -0.3 is 5.32 Å². The molecule has 2 rings (SSSR count). The standard InChI is InChI=1S/C16H24N2O/c1-12-6-5-9-18(10-12)11-16(19)17-15-8-4-7-13(2)14(15)3/h4,7-8,12H,5-6,9-11H2,1-3H3,(H,17,19). The Morgan fingerprint density at radius 3 is 2.95 bits per heavy atom. The van der Waals surface area contributed by atoms with Crippen molar-refractivity contribution in [3.8, 4) is 0 Å². The summed E-state index contributed by atoms with van der Waals surface area (Å²) in [5.74, 6) is 0.810. The van der Waals surface area contributed by atoms with Gasteiger partial charge >= 0.3 is 0 Å². The number of carbonyl (C=O) groups is 1. The summed E-state index contributed by atoms with van der Waals surface area (Å²) < 4.78 is 0. The molecule has 1 aromatic carbocycles. The lowest BCUT2D eigenvalue weighted by Gasteiger charge is -2.30. The predicted molar refractivity (Wildman–Crippen MR) is 79.4 cm³/mol. The number of anilines is 1. The third kappa shape index (κ3) is 3.80. The molecule has 0 saturated carbocycles. The highest BCUT2D eigenvalue weighted by atomic mass is 16.2. The van der Waals surface area contributed by atoms with E-state index in [2.05, 4.69) is 30.1 Å². The molecule has 1 aliphatic rings. The number of likely N-dealkylation sites (tertiary alicyclic amines) is 1. The van der Waals surface area contributed by atoms with E-state index in [1.165, 1.54) is 18.4 Å². The van der Waals surface area contributed by atoms with Crippen LogP contribution in [0.3, 0.4) is 0 Å². The van der Waals surface area contributed by atoms with Crippen molar-refractivity contribution in [1.29, 1.82) is 0 Å². The van der Waals surface area contributed by atoms with E-state index in [1.807, 2.05) is 19.1 Å². The van der Waals surface area contributed by atoms with E-state index in [0.29, 0.717) is 12.5 Å². The number of hydrogen-bond donors (Lipinski definition) is 1. The molecular weight excluding hydrogens is 236 g/mol. The van der Waals surface area contributed by atoms with Crippen LogP contribution in [0.5, 0.6) is 0 Å². The van der Waals surface area contributed by atoms with Crippen molar-refractivity contribution in [2.24, 2.45) is 5.92 Å². The number of nitrogens with zero attached hydrogens (tertiary/aromatic N) is 1. The Labute approximate surface area is 116 Å². The van der Waals surface area contributed by atoms with Gasteiger partial charge in [0.05, 0.1) is 6.54 Å². The van der Waals surface area contributed by atoms with Gasteiger partial charge in [-0.3, -0.25) is 9.69 Å². The summed E-state index contributed by atoms with van der Waals surface area (Å²) in [5.41, 5.74) is 3.31. The topological polar surface area (TPSA) is 32.3 Å². The van der Waals surface area contributed by atoms with Crippen molar-refractivity contribution in [2.75, 3.05) is 25.0 Å². The summed E-state index contributed by atoms with van der Waals surface area (Å²) in [6.07, 6.45) is 2.49. The molecule has 1 N–H and O–H groups in total. The zero-order chi connectivity index (χ0) is 13.8. The maximum Gasteiger partial charge on any atom is 0.238 e. The number of benzene rings is 1. The molecular formula is C16H24N2O. The van der Waals surface area contributed by atoms with Gasteiger partial charge in [0.1, 0.15) is 0 Å². The first kappa shape index (κ1) is 14.1.